The second kappa shape index (κ2) is 68.1. The number of ether oxygens (including phenoxy) is 12. The number of rotatable bonds is 78. The molecule has 0 bridgehead atoms. The summed E-state index contributed by atoms with van der Waals surface area (Å²) in [5, 5.41) is 18.8. The minimum absolute atomic E-state index is 0.0233. The summed E-state index contributed by atoms with van der Waals surface area (Å²) in [5.41, 5.74) is -0.678. The predicted octanol–water partition coefficient (Wildman–Crippen LogP) is 2.07. The number of imide groups is 3. The maximum atomic E-state index is 12.7. The first-order chi connectivity index (χ1) is 56.2. The summed E-state index contributed by atoms with van der Waals surface area (Å²) in [5.74, 6) is -6.09. The largest absolute Gasteiger partial charge is 0.380 e. The van der Waals surface area contributed by atoms with Crippen LogP contribution in [0.25, 0.3) is 0 Å². The third-order valence-electron chi connectivity index (χ3n) is 17.4. The molecule has 3 aliphatic rings. The monoisotopic (exact) mass is 1660 g/mol. The van der Waals surface area contributed by atoms with Crippen molar-refractivity contribution in [1.29, 1.82) is 0 Å². The summed E-state index contributed by atoms with van der Waals surface area (Å²) < 4.78 is 66.7. The highest BCUT2D eigenvalue weighted by atomic mass is 16.7. The second-order valence-electron chi connectivity index (χ2n) is 27.8. The molecular formula is C77H129N9O30. The maximum Gasteiger partial charge on any atom is 0.335 e. The zero-order valence-corrected chi connectivity index (χ0v) is 68.0. The lowest BCUT2D eigenvalue weighted by Gasteiger charge is -2.29. The van der Waals surface area contributed by atoms with E-state index in [2.05, 4.69) is 31.9 Å². The van der Waals surface area contributed by atoms with Gasteiger partial charge in [-0.15, -0.1) is 15.2 Å². The minimum Gasteiger partial charge on any atom is -0.380 e. The summed E-state index contributed by atoms with van der Waals surface area (Å²) in [4.78, 5) is 194. The van der Waals surface area contributed by atoms with Crippen molar-refractivity contribution in [2.24, 2.45) is 5.41 Å². The van der Waals surface area contributed by atoms with E-state index in [1.165, 1.54) is 0 Å². The van der Waals surface area contributed by atoms with Crippen molar-refractivity contribution >= 4 is 88.8 Å². The number of hydroxylamine groups is 6. The zero-order valence-electron chi connectivity index (χ0n) is 68.0. The molecule has 3 aliphatic heterocycles. The third-order valence-corrected chi connectivity index (χ3v) is 17.4. The van der Waals surface area contributed by atoms with Crippen molar-refractivity contribution in [3.8, 4) is 0 Å². The van der Waals surface area contributed by atoms with Crippen molar-refractivity contribution in [3.05, 3.63) is 0 Å². The molecule has 0 aromatic heterocycles. The molecule has 0 aliphatic carbocycles. The molecule has 3 rings (SSSR count). The molecule has 0 radical (unpaired) electrons. The lowest BCUT2D eigenvalue weighted by Crippen LogP contribution is -2.36. The van der Waals surface area contributed by atoms with Crippen molar-refractivity contribution in [2.45, 2.75) is 200 Å². The van der Waals surface area contributed by atoms with Crippen LogP contribution in [0.2, 0.25) is 0 Å². The number of carbonyl (C=O) groups excluding carboxylic acids is 15. The van der Waals surface area contributed by atoms with Crippen molar-refractivity contribution in [2.75, 3.05) is 198 Å². The second-order valence-corrected chi connectivity index (χ2v) is 27.8. The number of hydrogen-bond donors (Lipinski definition) is 6. The van der Waals surface area contributed by atoms with Crippen LogP contribution >= 0.6 is 0 Å². The SMILES string of the molecule is CC(COCCC(=O)NCCCCCCCC(=O)NCCOCCOCCOCCC(=O)ON1C(=O)CCC1=O)(COCCC(=O)NCCCCCCCC(=O)NCCOCCOCCOCCC(=O)ON1C(=O)CCC1=O)COCCC(=O)NCCCCCCCC(=O)NCCOCCOCCOCCC(=O)ON1C(=O)CCC1=O. The number of carbonyl (C=O) groups is 15. The van der Waals surface area contributed by atoms with Crippen LogP contribution in [-0.2, 0) is 143 Å². The average Bonchev–Trinajstić information content (AvgIpc) is 1.68. The van der Waals surface area contributed by atoms with Gasteiger partial charge in [0.1, 0.15) is 0 Å². The van der Waals surface area contributed by atoms with E-state index in [9.17, 15) is 71.9 Å². The molecule has 3 fully saturated rings. The maximum absolute atomic E-state index is 12.7. The molecule has 0 aromatic carbocycles. The Morgan fingerprint density at radius 2 is 0.422 bits per heavy atom. The van der Waals surface area contributed by atoms with Crippen LogP contribution in [0.3, 0.4) is 0 Å². The Morgan fingerprint density at radius 3 is 0.672 bits per heavy atom. The Balaban J connectivity index is 1.19. The van der Waals surface area contributed by atoms with Crippen molar-refractivity contribution < 1.29 is 143 Å². The van der Waals surface area contributed by atoms with Gasteiger partial charge in [0.25, 0.3) is 35.4 Å². The standard InChI is InChI=1S/C77H129N9O30/c1-77(59-111-38-26-65(90)78-32-14-8-2-5-11-17-62(87)81-35-44-105-50-56-108-53-47-102-41-29-74(99)114-84-68(93)20-21-69(84)94,60-112-39-27-66(91)79-33-15-9-3-6-12-18-63(88)82-36-45-106-51-57-109-54-48-103-42-30-75(100)115-85-70(95)22-23-71(85)96)61-113-40-28-67(92)80-34-16-10-4-7-13-19-64(89)83-37-46-107-52-58-110-55-49-104-43-31-76(101)116-86-72(97)24-25-73(86)98/h2-61H2,1H3,(H,78,90)(H,79,91)(H,80,92)(H,81,87)(H,82,88)(H,83,89). The van der Waals surface area contributed by atoms with E-state index in [-0.39, 0.29) is 212 Å². The molecule has 3 heterocycles. The van der Waals surface area contributed by atoms with Crippen molar-refractivity contribution in [3.63, 3.8) is 0 Å². The molecule has 662 valence electrons. The fourth-order valence-corrected chi connectivity index (χ4v) is 10.9. The lowest BCUT2D eigenvalue weighted by atomic mass is 9.94. The van der Waals surface area contributed by atoms with Gasteiger partial charge < -0.3 is 103 Å². The first kappa shape index (κ1) is 102. The molecule has 0 spiro atoms. The highest BCUT2D eigenvalue weighted by Gasteiger charge is 2.35. The summed E-state index contributed by atoms with van der Waals surface area (Å²) in [6, 6.07) is 0. The predicted molar refractivity (Wildman–Crippen MR) is 408 cm³/mol. The quantitative estimate of drug-likeness (QED) is 0.0375. The van der Waals surface area contributed by atoms with Crippen molar-refractivity contribution in [1.82, 2.24) is 47.1 Å². The van der Waals surface area contributed by atoms with Gasteiger partial charge in [-0.05, 0) is 38.5 Å². The molecule has 0 atom stereocenters. The van der Waals surface area contributed by atoms with E-state index in [0.717, 1.165) is 96.3 Å². The molecule has 39 heteroatoms. The molecule has 0 saturated carbocycles. The van der Waals surface area contributed by atoms with E-state index < -0.39 is 58.8 Å². The summed E-state index contributed by atoms with van der Waals surface area (Å²) in [6.45, 7) is 10.0. The summed E-state index contributed by atoms with van der Waals surface area (Å²) in [7, 11) is 0. The first-order valence-corrected chi connectivity index (χ1v) is 41.0. The van der Waals surface area contributed by atoms with Crippen LogP contribution in [-0.4, -0.2) is 302 Å². The van der Waals surface area contributed by atoms with Crippen LogP contribution in [0.15, 0.2) is 0 Å². The molecular weight excluding hydrogens is 1530 g/mol. The van der Waals surface area contributed by atoms with Crippen LogP contribution < -0.4 is 31.9 Å². The van der Waals surface area contributed by atoms with Gasteiger partial charge in [-0.1, -0.05) is 64.7 Å². The molecule has 0 unspecified atom stereocenters. The normalized spacial score (nSPS) is 13.6. The Bertz CT molecular complexity index is 2540. The minimum atomic E-state index is -0.738. The summed E-state index contributed by atoms with van der Waals surface area (Å²) in [6.07, 6.45) is 13.9. The molecule has 6 N–H and O–H groups in total. The zero-order chi connectivity index (χ0) is 84.2. The molecule has 12 amide bonds. The summed E-state index contributed by atoms with van der Waals surface area (Å²) >= 11 is 0. The van der Waals surface area contributed by atoms with E-state index in [0.29, 0.717) is 133 Å². The van der Waals surface area contributed by atoms with Crippen LogP contribution in [0, 0.1) is 5.41 Å². The van der Waals surface area contributed by atoms with E-state index in [1.807, 2.05) is 6.92 Å². The molecule has 3 saturated heterocycles. The van der Waals surface area contributed by atoms with E-state index in [4.69, 9.17) is 71.4 Å². The lowest BCUT2D eigenvalue weighted by molar-refractivity contribution is -0.198. The number of unbranched alkanes of at least 4 members (excludes halogenated alkanes) is 12. The fraction of sp³-hybridized carbons (Fsp3) is 0.805. The number of hydrogen-bond acceptors (Lipinski definition) is 30. The smallest absolute Gasteiger partial charge is 0.335 e. The van der Waals surface area contributed by atoms with Gasteiger partial charge in [0.05, 0.1) is 178 Å². The van der Waals surface area contributed by atoms with Crippen LogP contribution in [0.4, 0.5) is 0 Å². The Labute approximate surface area is 679 Å². The van der Waals surface area contributed by atoms with Gasteiger partial charge in [-0.3, -0.25) is 57.5 Å². The topological polar surface area (TPSA) is 476 Å². The van der Waals surface area contributed by atoms with Gasteiger partial charge in [0.15, 0.2) is 0 Å². The van der Waals surface area contributed by atoms with Gasteiger partial charge in [0, 0.05) is 122 Å². The molecule has 0 aromatic rings. The highest BCUT2D eigenvalue weighted by molar-refractivity contribution is 6.03. The number of nitrogens with one attached hydrogen (secondary N) is 6. The van der Waals surface area contributed by atoms with Gasteiger partial charge in [-0.25, -0.2) is 14.4 Å². The van der Waals surface area contributed by atoms with Crippen LogP contribution in [0.5, 0.6) is 0 Å². The van der Waals surface area contributed by atoms with E-state index >= 15 is 0 Å². The third kappa shape index (κ3) is 55.7. The molecule has 116 heavy (non-hydrogen) atoms. The molecule has 39 nitrogen and oxygen atoms in total. The number of amides is 12. The Hall–Kier alpha value is -7.83. The highest BCUT2D eigenvalue weighted by Crippen LogP contribution is 2.20. The van der Waals surface area contributed by atoms with Gasteiger partial charge >= 0.3 is 17.9 Å². The Morgan fingerprint density at radius 1 is 0.233 bits per heavy atom. The number of nitrogens with zero attached hydrogens (tertiary/aromatic N) is 3. The van der Waals surface area contributed by atoms with Gasteiger partial charge in [0.2, 0.25) is 35.4 Å². The van der Waals surface area contributed by atoms with Gasteiger partial charge in [-0.2, -0.15) is 0 Å². The fourth-order valence-electron chi connectivity index (χ4n) is 10.9. The first-order valence-electron chi connectivity index (χ1n) is 41.0. The van der Waals surface area contributed by atoms with Crippen LogP contribution in [0.1, 0.15) is 200 Å². The Kier molecular flexibility index (Phi) is 60.1. The van der Waals surface area contributed by atoms with E-state index in [1.54, 1.807) is 0 Å². The average molecular weight is 1660 g/mol.